The summed E-state index contributed by atoms with van der Waals surface area (Å²) in [6, 6.07) is 5.94. The van der Waals surface area contributed by atoms with Crippen molar-refractivity contribution in [1.82, 2.24) is 9.38 Å². The molecule has 2 aromatic heterocycles. The molecule has 0 saturated heterocycles. The van der Waals surface area contributed by atoms with Gasteiger partial charge in [-0.1, -0.05) is 19.9 Å². The van der Waals surface area contributed by atoms with Crippen LogP contribution in [0.1, 0.15) is 19.5 Å². The van der Waals surface area contributed by atoms with E-state index in [1.807, 2.05) is 48.8 Å². The third kappa shape index (κ3) is 2.18. The molecule has 0 saturated carbocycles. The topological polar surface area (TPSA) is 37.5 Å². The number of nitrogens with zero attached hydrogens (tertiary/aromatic N) is 2. The van der Waals surface area contributed by atoms with E-state index in [4.69, 9.17) is 0 Å². The minimum atomic E-state index is -0.0993. The number of pyridine rings is 1. The monoisotopic (exact) mass is 204 g/mol. The third-order valence-electron chi connectivity index (χ3n) is 2.50. The Morgan fingerprint density at radius 3 is 2.87 bits per heavy atom. The van der Waals surface area contributed by atoms with Gasteiger partial charge in [0.05, 0.1) is 5.69 Å². The number of imidazole rings is 1. The van der Waals surface area contributed by atoms with Crippen LogP contribution in [0.4, 0.5) is 0 Å². The SMILES string of the molecule is CC(C)(CO)Cc1cn2ccccc2n1. The summed E-state index contributed by atoms with van der Waals surface area (Å²) in [6.07, 6.45) is 4.80. The molecule has 0 aliphatic rings. The Hall–Kier alpha value is -1.35. The van der Waals surface area contributed by atoms with Gasteiger partial charge in [0.1, 0.15) is 5.65 Å². The van der Waals surface area contributed by atoms with Crippen LogP contribution in [0.3, 0.4) is 0 Å². The van der Waals surface area contributed by atoms with Crippen LogP contribution in [0.25, 0.3) is 5.65 Å². The van der Waals surface area contributed by atoms with Crippen molar-refractivity contribution in [3.63, 3.8) is 0 Å². The predicted octanol–water partition coefficient (Wildman–Crippen LogP) is 1.90. The average Bonchev–Trinajstić information content (AvgIpc) is 2.58. The highest BCUT2D eigenvalue weighted by Gasteiger charge is 2.18. The lowest BCUT2D eigenvalue weighted by molar-refractivity contribution is 0.159. The molecular weight excluding hydrogens is 188 g/mol. The largest absolute Gasteiger partial charge is 0.396 e. The van der Waals surface area contributed by atoms with Crippen LogP contribution < -0.4 is 0 Å². The van der Waals surface area contributed by atoms with Crippen molar-refractivity contribution < 1.29 is 5.11 Å². The summed E-state index contributed by atoms with van der Waals surface area (Å²) in [4.78, 5) is 4.50. The van der Waals surface area contributed by atoms with Crippen LogP contribution in [0.2, 0.25) is 0 Å². The molecule has 0 spiro atoms. The Kier molecular flexibility index (Phi) is 2.49. The van der Waals surface area contributed by atoms with Gasteiger partial charge in [0.15, 0.2) is 0 Å². The van der Waals surface area contributed by atoms with Gasteiger partial charge in [0.2, 0.25) is 0 Å². The highest BCUT2D eigenvalue weighted by Crippen LogP contribution is 2.20. The molecule has 0 atom stereocenters. The van der Waals surface area contributed by atoms with Crippen LogP contribution in [-0.2, 0) is 6.42 Å². The van der Waals surface area contributed by atoms with E-state index in [0.717, 1.165) is 17.8 Å². The molecule has 0 fully saturated rings. The van der Waals surface area contributed by atoms with Crippen LogP contribution in [-0.4, -0.2) is 21.1 Å². The fourth-order valence-electron chi connectivity index (χ4n) is 1.62. The lowest BCUT2D eigenvalue weighted by Crippen LogP contribution is -2.19. The van der Waals surface area contributed by atoms with Gasteiger partial charge in [0, 0.05) is 19.0 Å². The van der Waals surface area contributed by atoms with Crippen molar-refractivity contribution in [3.05, 3.63) is 36.3 Å². The second-order valence-electron chi connectivity index (χ2n) is 4.70. The first-order chi connectivity index (χ1) is 7.11. The predicted molar refractivity (Wildman–Crippen MR) is 59.8 cm³/mol. The molecule has 15 heavy (non-hydrogen) atoms. The molecule has 1 N–H and O–H groups in total. The van der Waals surface area contributed by atoms with E-state index in [9.17, 15) is 5.11 Å². The van der Waals surface area contributed by atoms with Gasteiger partial charge < -0.3 is 9.51 Å². The van der Waals surface area contributed by atoms with E-state index < -0.39 is 0 Å². The molecule has 0 aliphatic carbocycles. The van der Waals surface area contributed by atoms with Crippen molar-refractivity contribution >= 4 is 5.65 Å². The Labute approximate surface area is 89.4 Å². The Bertz CT molecular complexity index is 426. The van der Waals surface area contributed by atoms with Gasteiger partial charge >= 0.3 is 0 Å². The fraction of sp³-hybridized carbons (Fsp3) is 0.417. The number of aromatic nitrogens is 2. The minimum absolute atomic E-state index is 0.0993. The molecule has 2 heterocycles. The first-order valence-corrected chi connectivity index (χ1v) is 5.14. The second kappa shape index (κ2) is 3.66. The number of hydrogen-bond acceptors (Lipinski definition) is 2. The zero-order chi connectivity index (χ0) is 10.9. The Morgan fingerprint density at radius 2 is 2.20 bits per heavy atom. The molecule has 80 valence electrons. The molecule has 0 bridgehead atoms. The van der Waals surface area contributed by atoms with Gasteiger partial charge in [-0.15, -0.1) is 0 Å². The van der Waals surface area contributed by atoms with E-state index in [0.29, 0.717) is 0 Å². The minimum Gasteiger partial charge on any atom is -0.396 e. The third-order valence-corrected chi connectivity index (χ3v) is 2.50. The van der Waals surface area contributed by atoms with Gasteiger partial charge in [-0.2, -0.15) is 0 Å². The molecule has 2 aromatic rings. The van der Waals surface area contributed by atoms with Crippen molar-refractivity contribution in [3.8, 4) is 0 Å². The quantitative estimate of drug-likeness (QED) is 0.829. The molecule has 3 heteroatoms. The fourth-order valence-corrected chi connectivity index (χ4v) is 1.62. The van der Waals surface area contributed by atoms with Gasteiger partial charge in [-0.05, 0) is 24.0 Å². The van der Waals surface area contributed by atoms with E-state index in [-0.39, 0.29) is 12.0 Å². The summed E-state index contributed by atoms with van der Waals surface area (Å²) in [5, 5.41) is 9.20. The molecule has 0 aromatic carbocycles. The highest BCUT2D eigenvalue weighted by molar-refractivity contribution is 5.39. The molecule has 2 rings (SSSR count). The van der Waals surface area contributed by atoms with Crippen molar-refractivity contribution in [1.29, 1.82) is 0 Å². The molecular formula is C12H16N2O. The normalized spacial score (nSPS) is 12.2. The highest BCUT2D eigenvalue weighted by atomic mass is 16.3. The number of aliphatic hydroxyl groups is 1. The summed E-state index contributed by atoms with van der Waals surface area (Å²) in [5.41, 5.74) is 1.89. The zero-order valence-corrected chi connectivity index (χ0v) is 9.14. The lowest BCUT2D eigenvalue weighted by Gasteiger charge is -2.19. The smallest absolute Gasteiger partial charge is 0.136 e. The second-order valence-corrected chi connectivity index (χ2v) is 4.70. The van der Waals surface area contributed by atoms with Gasteiger partial charge in [-0.25, -0.2) is 4.98 Å². The van der Waals surface area contributed by atoms with Gasteiger partial charge in [-0.3, -0.25) is 0 Å². The summed E-state index contributed by atoms with van der Waals surface area (Å²) < 4.78 is 2.00. The number of rotatable bonds is 3. The molecule has 3 nitrogen and oxygen atoms in total. The molecule has 0 aliphatic heterocycles. The zero-order valence-electron chi connectivity index (χ0n) is 9.14. The van der Waals surface area contributed by atoms with E-state index in [2.05, 4.69) is 4.98 Å². The van der Waals surface area contributed by atoms with Crippen LogP contribution >= 0.6 is 0 Å². The first kappa shape index (κ1) is 10.2. The van der Waals surface area contributed by atoms with Crippen LogP contribution in [0, 0.1) is 5.41 Å². The standard InChI is InChI=1S/C12H16N2O/c1-12(2,9-15)7-10-8-14-6-4-3-5-11(14)13-10/h3-6,8,15H,7,9H2,1-2H3. The lowest BCUT2D eigenvalue weighted by atomic mass is 9.89. The maximum atomic E-state index is 9.20. The van der Waals surface area contributed by atoms with Crippen LogP contribution in [0.5, 0.6) is 0 Å². The summed E-state index contributed by atoms with van der Waals surface area (Å²) in [5.74, 6) is 0. The van der Waals surface area contributed by atoms with E-state index in [1.54, 1.807) is 0 Å². The van der Waals surface area contributed by atoms with Gasteiger partial charge in [0.25, 0.3) is 0 Å². The average molecular weight is 204 g/mol. The molecule has 0 amide bonds. The Balaban J connectivity index is 2.30. The Morgan fingerprint density at radius 1 is 1.40 bits per heavy atom. The number of hydrogen-bond donors (Lipinski definition) is 1. The van der Waals surface area contributed by atoms with E-state index >= 15 is 0 Å². The summed E-state index contributed by atoms with van der Waals surface area (Å²) in [7, 11) is 0. The van der Waals surface area contributed by atoms with Crippen molar-refractivity contribution in [2.45, 2.75) is 20.3 Å². The van der Waals surface area contributed by atoms with Crippen molar-refractivity contribution in [2.24, 2.45) is 5.41 Å². The molecule has 0 unspecified atom stereocenters. The maximum absolute atomic E-state index is 9.20. The summed E-state index contributed by atoms with van der Waals surface area (Å²) >= 11 is 0. The molecule has 0 radical (unpaired) electrons. The van der Waals surface area contributed by atoms with E-state index in [1.165, 1.54) is 0 Å². The number of fused-ring (bicyclic) bond motifs is 1. The summed E-state index contributed by atoms with van der Waals surface area (Å²) in [6.45, 7) is 4.26. The maximum Gasteiger partial charge on any atom is 0.136 e. The van der Waals surface area contributed by atoms with Crippen LogP contribution in [0.15, 0.2) is 30.6 Å². The first-order valence-electron chi connectivity index (χ1n) is 5.14. The number of aliphatic hydroxyl groups excluding tert-OH is 1. The van der Waals surface area contributed by atoms with Crippen molar-refractivity contribution in [2.75, 3.05) is 6.61 Å².